The largest absolute Gasteiger partial charge is 0.395 e. The summed E-state index contributed by atoms with van der Waals surface area (Å²) >= 11 is 3.41. The van der Waals surface area contributed by atoms with Gasteiger partial charge in [-0.2, -0.15) is 13.2 Å². The van der Waals surface area contributed by atoms with Crippen molar-refractivity contribution in [3.05, 3.63) is 52.7 Å². The number of halogens is 5. The standard InChI is InChI=1S/C16H15F4IS/c17-15-10-14(7-6-11(15)3-2-8-21)22-13-5-1-4-12(9-13)16(18,19)20/h1,5-7,9-10,12H,2-4,8H2. The van der Waals surface area contributed by atoms with Crippen LogP contribution in [0.1, 0.15) is 18.4 Å². The van der Waals surface area contributed by atoms with Gasteiger partial charge in [0.2, 0.25) is 0 Å². The summed E-state index contributed by atoms with van der Waals surface area (Å²) in [5.74, 6) is -1.74. The molecule has 1 aliphatic carbocycles. The van der Waals surface area contributed by atoms with Gasteiger partial charge in [0.25, 0.3) is 0 Å². The molecule has 0 amide bonds. The molecule has 1 atom stereocenters. The average Bonchev–Trinajstić information content (AvgIpc) is 2.46. The summed E-state index contributed by atoms with van der Waals surface area (Å²) < 4.78 is 53.1. The minimum Gasteiger partial charge on any atom is -0.207 e. The van der Waals surface area contributed by atoms with Crippen LogP contribution in [0.5, 0.6) is 0 Å². The van der Waals surface area contributed by atoms with Crippen molar-refractivity contribution in [3.63, 3.8) is 0 Å². The van der Waals surface area contributed by atoms with E-state index in [-0.39, 0.29) is 12.2 Å². The fourth-order valence-corrected chi connectivity index (χ4v) is 3.49. The molecule has 0 bridgehead atoms. The Morgan fingerprint density at radius 2 is 2.05 bits per heavy atom. The summed E-state index contributed by atoms with van der Waals surface area (Å²) in [5, 5.41) is 0. The van der Waals surface area contributed by atoms with Gasteiger partial charge in [0.1, 0.15) is 5.82 Å². The third-order valence-electron chi connectivity index (χ3n) is 3.30. The summed E-state index contributed by atoms with van der Waals surface area (Å²) in [7, 11) is 0. The lowest BCUT2D eigenvalue weighted by molar-refractivity contribution is -0.160. The van der Waals surface area contributed by atoms with Crippen LogP contribution < -0.4 is 0 Å². The molecule has 0 saturated carbocycles. The molecule has 1 aromatic carbocycles. The fourth-order valence-electron chi connectivity index (χ4n) is 2.14. The number of alkyl halides is 4. The van der Waals surface area contributed by atoms with Crippen molar-refractivity contribution in [1.29, 1.82) is 0 Å². The Balaban J connectivity index is 2.09. The van der Waals surface area contributed by atoms with Crippen LogP contribution in [-0.2, 0) is 6.42 Å². The SMILES string of the molecule is Fc1cc(SC2=CC(C(F)(F)F)CC=C2)ccc1CCCI. The van der Waals surface area contributed by atoms with Crippen molar-refractivity contribution in [2.75, 3.05) is 4.43 Å². The minimum absolute atomic E-state index is 0.0306. The summed E-state index contributed by atoms with van der Waals surface area (Å²) in [6.07, 6.45) is 1.72. The van der Waals surface area contributed by atoms with Crippen molar-refractivity contribution >= 4 is 34.4 Å². The van der Waals surface area contributed by atoms with Crippen molar-refractivity contribution in [3.8, 4) is 0 Å². The lowest BCUT2D eigenvalue weighted by atomic mass is 10.0. The predicted octanol–water partition coefficient (Wildman–Crippen LogP) is 6.31. The Bertz CT molecular complexity index is 578. The van der Waals surface area contributed by atoms with E-state index in [0.717, 1.165) is 22.6 Å². The Morgan fingerprint density at radius 1 is 1.27 bits per heavy atom. The van der Waals surface area contributed by atoms with Crippen LogP contribution in [0.4, 0.5) is 17.6 Å². The monoisotopic (exact) mass is 442 g/mol. The van der Waals surface area contributed by atoms with Crippen LogP contribution in [0.2, 0.25) is 0 Å². The Hall–Kier alpha value is -0.500. The molecule has 1 aliphatic rings. The first kappa shape index (κ1) is 17.8. The number of thioether (sulfide) groups is 1. The van der Waals surface area contributed by atoms with Crippen LogP contribution in [0, 0.1) is 11.7 Å². The maximum atomic E-state index is 14.0. The normalized spacial score (nSPS) is 18.4. The van der Waals surface area contributed by atoms with Crippen LogP contribution in [0.15, 0.2) is 46.2 Å². The first-order valence-electron chi connectivity index (χ1n) is 6.87. The summed E-state index contributed by atoms with van der Waals surface area (Å²) in [6.45, 7) is 0. The van der Waals surface area contributed by atoms with Crippen LogP contribution >= 0.6 is 34.4 Å². The topological polar surface area (TPSA) is 0 Å². The van der Waals surface area contributed by atoms with Crippen LogP contribution in [-0.4, -0.2) is 10.6 Å². The molecule has 0 spiro atoms. The van der Waals surface area contributed by atoms with Gasteiger partial charge in [0.15, 0.2) is 0 Å². The van der Waals surface area contributed by atoms with E-state index < -0.39 is 12.1 Å². The van der Waals surface area contributed by atoms with Gasteiger partial charge in [-0.15, -0.1) is 0 Å². The van der Waals surface area contributed by atoms with Gasteiger partial charge >= 0.3 is 6.18 Å². The highest BCUT2D eigenvalue weighted by Gasteiger charge is 2.38. The summed E-state index contributed by atoms with van der Waals surface area (Å²) in [4.78, 5) is 1.13. The van der Waals surface area contributed by atoms with Gasteiger partial charge in [-0.05, 0) is 41.4 Å². The second-order valence-electron chi connectivity index (χ2n) is 5.00. The fraction of sp³-hybridized carbons (Fsp3) is 0.375. The van der Waals surface area contributed by atoms with Crippen LogP contribution in [0.3, 0.4) is 0 Å². The lowest BCUT2D eigenvalue weighted by Gasteiger charge is -2.19. The molecule has 0 radical (unpaired) electrons. The van der Waals surface area contributed by atoms with E-state index in [0.29, 0.717) is 21.8 Å². The van der Waals surface area contributed by atoms with E-state index >= 15 is 0 Å². The maximum Gasteiger partial charge on any atom is 0.395 e. The molecule has 1 unspecified atom stereocenters. The molecule has 0 heterocycles. The van der Waals surface area contributed by atoms with E-state index in [1.807, 2.05) is 0 Å². The molecule has 6 heteroatoms. The zero-order valence-corrected chi connectivity index (χ0v) is 14.6. The predicted molar refractivity (Wildman–Crippen MR) is 90.9 cm³/mol. The molecule has 0 aliphatic heterocycles. The van der Waals surface area contributed by atoms with Gasteiger partial charge < -0.3 is 0 Å². The van der Waals surface area contributed by atoms with Crippen molar-refractivity contribution < 1.29 is 17.6 Å². The zero-order valence-electron chi connectivity index (χ0n) is 11.7. The van der Waals surface area contributed by atoms with Crippen molar-refractivity contribution in [2.24, 2.45) is 5.92 Å². The van der Waals surface area contributed by atoms with Crippen molar-refractivity contribution in [1.82, 2.24) is 0 Å². The zero-order chi connectivity index (χ0) is 16.2. The third-order valence-corrected chi connectivity index (χ3v) is 5.06. The van der Waals surface area contributed by atoms with Gasteiger partial charge in [-0.1, -0.05) is 58.6 Å². The first-order chi connectivity index (χ1) is 10.4. The third kappa shape index (κ3) is 5.01. The van der Waals surface area contributed by atoms with Gasteiger partial charge in [0, 0.05) is 9.80 Å². The number of hydrogen-bond acceptors (Lipinski definition) is 1. The lowest BCUT2D eigenvalue weighted by Crippen LogP contribution is -2.21. The van der Waals surface area contributed by atoms with Gasteiger partial charge in [-0.25, -0.2) is 4.39 Å². The van der Waals surface area contributed by atoms with E-state index in [4.69, 9.17) is 0 Å². The molecular weight excluding hydrogens is 427 g/mol. The smallest absolute Gasteiger partial charge is 0.207 e. The molecule has 0 nitrogen and oxygen atoms in total. The Morgan fingerprint density at radius 3 is 2.68 bits per heavy atom. The molecule has 2 rings (SSSR count). The second-order valence-corrected chi connectivity index (χ2v) is 7.23. The average molecular weight is 442 g/mol. The van der Waals surface area contributed by atoms with E-state index in [1.54, 1.807) is 18.2 Å². The van der Waals surface area contributed by atoms with E-state index in [1.165, 1.54) is 18.2 Å². The van der Waals surface area contributed by atoms with E-state index in [2.05, 4.69) is 22.6 Å². The molecule has 0 saturated heterocycles. The Kier molecular flexibility index (Phi) is 6.37. The first-order valence-corrected chi connectivity index (χ1v) is 9.21. The number of aryl methyl sites for hydroxylation is 1. The van der Waals surface area contributed by atoms with Crippen LogP contribution in [0.25, 0.3) is 0 Å². The van der Waals surface area contributed by atoms with Crippen molar-refractivity contribution in [2.45, 2.75) is 30.3 Å². The summed E-state index contributed by atoms with van der Waals surface area (Å²) in [6, 6.07) is 4.89. The molecule has 0 aromatic heterocycles. The highest BCUT2D eigenvalue weighted by molar-refractivity contribution is 14.1. The molecule has 120 valence electrons. The quantitative estimate of drug-likeness (QED) is 0.293. The van der Waals surface area contributed by atoms with E-state index in [9.17, 15) is 17.6 Å². The highest BCUT2D eigenvalue weighted by Crippen LogP contribution is 2.38. The second kappa shape index (κ2) is 7.86. The molecular formula is C16H15F4IS. The number of allylic oxidation sites excluding steroid dienone is 3. The molecule has 1 aromatic rings. The highest BCUT2D eigenvalue weighted by atomic mass is 127. The minimum atomic E-state index is -4.23. The van der Waals surface area contributed by atoms with Gasteiger partial charge in [0.05, 0.1) is 5.92 Å². The number of hydrogen-bond donors (Lipinski definition) is 0. The Labute approximate surface area is 145 Å². The molecule has 0 fully saturated rings. The summed E-state index contributed by atoms with van der Waals surface area (Å²) in [5.41, 5.74) is 0.655. The molecule has 22 heavy (non-hydrogen) atoms. The number of benzene rings is 1. The number of rotatable bonds is 5. The molecule has 0 N–H and O–H groups in total. The van der Waals surface area contributed by atoms with Gasteiger partial charge in [-0.3, -0.25) is 0 Å². The maximum absolute atomic E-state index is 14.0.